The van der Waals surface area contributed by atoms with Crippen molar-refractivity contribution in [2.45, 2.75) is 4.90 Å². The number of benzene rings is 1. The molecule has 2 aromatic rings. The van der Waals surface area contributed by atoms with Crippen LogP contribution in [0.2, 0.25) is 0 Å². The first-order chi connectivity index (χ1) is 9.81. The highest BCUT2D eigenvalue weighted by molar-refractivity contribution is 7.90. The molecule has 1 heterocycles. The van der Waals surface area contributed by atoms with E-state index in [0.29, 0.717) is 0 Å². The molecular formula is C13H12N4O3S. The van der Waals surface area contributed by atoms with Crippen LogP contribution in [0, 0.1) is 11.3 Å². The number of hydrogen-bond acceptors (Lipinski definition) is 5. The predicted octanol–water partition coefficient (Wildman–Crippen LogP) is 0.948. The number of nitriles is 1. The Balaban J connectivity index is 2.23. The number of aryl methyl sites for hydroxylation is 1. The molecule has 0 aliphatic rings. The first kappa shape index (κ1) is 14.7. The summed E-state index contributed by atoms with van der Waals surface area (Å²) in [6.45, 7) is 0. The van der Waals surface area contributed by atoms with Gasteiger partial charge in [0.05, 0.1) is 4.90 Å². The van der Waals surface area contributed by atoms with Crippen molar-refractivity contribution in [2.75, 3.05) is 11.6 Å². The molecule has 0 spiro atoms. The van der Waals surface area contributed by atoms with Crippen molar-refractivity contribution in [1.82, 2.24) is 9.78 Å². The normalized spacial score (nSPS) is 10.9. The van der Waals surface area contributed by atoms with Crippen LogP contribution in [0.1, 0.15) is 15.9 Å². The highest BCUT2D eigenvalue weighted by atomic mass is 32.2. The molecule has 0 fully saturated rings. The topological polar surface area (TPSA) is 105 Å². The first-order valence-electron chi connectivity index (χ1n) is 5.86. The minimum absolute atomic E-state index is 0.134. The summed E-state index contributed by atoms with van der Waals surface area (Å²) < 4.78 is 24.1. The molecule has 1 amide bonds. The number of rotatable bonds is 3. The number of amides is 1. The minimum Gasteiger partial charge on any atom is -0.304 e. The van der Waals surface area contributed by atoms with E-state index in [-0.39, 0.29) is 21.8 Å². The number of carbonyl (C=O) groups excluding carboxylic acids is 1. The molecule has 2 rings (SSSR count). The van der Waals surface area contributed by atoms with Crippen molar-refractivity contribution in [2.24, 2.45) is 7.05 Å². The molecule has 0 bridgehead atoms. The van der Waals surface area contributed by atoms with E-state index in [4.69, 9.17) is 5.26 Å². The maximum atomic E-state index is 12.0. The second kappa shape index (κ2) is 5.38. The van der Waals surface area contributed by atoms with Crippen LogP contribution in [0.3, 0.4) is 0 Å². The van der Waals surface area contributed by atoms with Gasteiger partial charge in [0.25, 0.3) is 5.91 Å². The Bertz CT molecular complexity index is 829. The van der Waals surface area contributed by atoms with Gasteiger partial charge in [-0.05, 0) is 24.3 Å². The molecule has 0 aliphatic carbocycles. The standard InChI is InChI=1S/C13H12N4O3S/c1-17-8-10(7-14)12(16-17)15-13(18)9-3-5-11(6-4-9)21(2,19)20/h3-6,8H,1-2H3,(H,15,16,18). The lowest BCUT2D eigenvalue weighted by Crippen LogP contribution is -2.13. The van der Waals surface area contributed by atoms with Gasteiger partial charge in [-0.2, -0.15) is 10.4 Å². The lowest BCUT2D eigenvalue weighted by atomic mass is 10.2. The summed E-state index contributed by atoms with van der Waals surface area (Å²) in [7, 11) is -1.67. The van der Waals surface area contributed by atoms with Gasteiger partial charge >= 0.3 is 0 Å². The molecule has 21 heavy (non-hydrogen) atoms. The van der Waals surface area contributed by atoms with Crippen LogP contribution in [-0.2, 0) is 16.9 Å². The zero-order chi connectivity index (χ0) is 15.6. The summed E-state index contributed by atoms with van der Waals surface area (Å²) in [4.78, 5) is 12.2. The van der Waals surface area contributed by atoms with E-state index in [2.05, 4.69) is 10.4 Å². The summed E-state index contributed by atoms with van der Waals surface area (Å²) in [5, 5.41) is 15.4. The smallest absolute Gasteiger partial charge is 0.256 e. The van der Waals surface area contributed by atoms with Gasteiger partial charge in [0.2, 0.25) is 0 Å². The molecule has 0 saturated heterocycles. The van der Waals surface area contributed by atoms with Gasteiger partial charge in [-0.3, -0.25) is 9.48 Å². The van der Waals surface area contributed by atoms with Crippen molar-refractivity contribution in [3.63, 3.8) is 0 Å². The Morgan fingerprint density at radius 3 is 2.48 bits per heavy atom. The van der Waals surface area contributed by atoms with Crippen molar-refractivity contribution < 1.29 is 13.2 Å². The molecule has 8 heteroatoms. The van der Waals surface area contributed by atoms with E-state index >= 15 is 0 Å². The largest absolute Gasteiger partial charge is 0.304 e. The lowest BCUT2D eigenvalue weighted by Gasteiger charge is -2.03. The summed E-state index contributed by atoms with van der Waals surface area (Å²) in [5.41, 5.74) is 0.524. The number of nitrogens with zero attached hydrogens (tertiary/aromatic N) is 3. The minimum atomic E-state index is -3.30. The predicted molar refractivity (Wildman–Crippen MR) is 75.4 cm³/mol. The molecule has 0 saturated carbocycles. The Hall–Kier alpha value is -2.66. The molecule has 7 nitrogen and oxygen atoms in total. The van der Waals surface area contributed by atoms with Crippen molar-refractivity contribution in [3.05, 3.63) is 41.6 Å². The number of aromatic nitrogens is 2. The van der Waals surface area contributed by atoms with Crippen LogP contribution in [0.25, 0.3) is 0 Å². The van der Waals surface area contributed by atoms with Crippen molar-refractivity contribution in [1.29, 1.82) is 5.26 Å². The average molecular weight is 304 g/mol. The molecule has 108 valence electrons. The quantitative estimate of drug-likeness (QED) is 0.908. The van der Waals surface area contributed by atoms with E-state index in [1.54, 1.807) is 7.05 Å². The highest BCUT2D eigenvalue weighted by Gasteiger charge is 2.13. The maximum absolute atomic E-state index is 12.0. The maximum Gasteiger partial charge on any atom is 0.256 e. The van der Waals surface area contributed by atoms with Gasteiger partial charge in [0, 0.05) is 25.1 Å². The summed E-state index contributed by atoms with van der Waals surface area (Å²) in [6.07, 6.45) is 2.58. The fraction of sp³-hybridized carbons (Fsp3) is 0.154. The van der Waals surface area contributed by atoms with E-state index in [9.17, 15) is 13.2 Å². The first-order valence-corrected chi connectivity index (χ1v) is 7.75. The summed E-state index contributed by atoms with van der Waals surface area (Å²) >= 11 is 0. The fourth-order valence-corrected chi connectivity index (χ4v) is 2.33. The fourth-order valence-electron chi connectivity index (χ4n) is 1.70. The van der Waals surface area contributed by atoms with Crippen LogP contribution >= 0.6 is 0 Å². The Morgan fingerprint density at radius 1 is 1.33 bits per heavy atom. The number of hydrogen-bond donors (Lipinski definition) is 1. The van der Waals surface area contributed by atoms with Crippen LogP contribution < -0.4 is 5.32 Å². The van der Waals surface area contributed by atoms with Crippen molar-refractivity contribution >= 4 is 21.6 Å². The van der Waals surface area contributed by atoms with E-state index in [1.165, 1.54) is 35.1 Å². The SMILES string of the molecule is Cn1cc(C#N)c(NC(=O)c2ccc(S(C)(=O)=O)cc2)n1. The molecule has 1 aromatic heterocycles. The van der Waals surface area contributed by atoms with Crippen LogP contribution in [-0.4, -0.2) is 30.4 Å². The molecule has 0 unspecified atom stereocenters. The second-order valence-corrected chi connectivity index (χ2v) is 6.44. The van der Waals surface area contributed by atoms with Gasteiger partial charge in [-0.15, -0.1) is 0 Å². The molecule has 0 aliphatic heterocycles. The highest BCUT2D eigenvalue weighted by Crippen LogP contribution is 2.14. The zero-order valence-electron chi connectivity index (χ0n) is 11.4. The van der Waals surface area contributed by atoms with Crippen LogP contribution in [0.15, 0.2) is 35.4 Å². The van der Waals surface area contributed by atoms with Gasteiger partial charge in [0.1, 0.15) is 11.6 Å². The number of nitrogens with one attached hydrogen (secondary N) is 1. The monoisotopic (exact) mass is 304 g/mol. The number of sulfone groups is 1. The third kappa shape index (κ3) is 3.27. The van der Waals surface area contributed by atoms with Gasteiger partial charge in [-0.1, -0.05) is 0 Å². The third-order valence-corrected chi connectivity index (χ3v) is 3.85. The van der Waals surface area contributed by atoms with E-state index in [1.807, 2.05) is 6.07 Å². The molecule has 0 atom stereocenters. The number of carbonyl (C=O) groups is 1. The molecule has 1 N–H and O–H groups in total. The van der Waals surface area contributed by atoms with Crippen LogP contribution in [0.5, 0.6) is 0 Å². The lowest BCUT2D eigenvalue weighted by molar-refractivity contribution is 0.102. The van der Waals surface area contributed by atoms with Gasteiger partial charge in [0.15, 0.2) is 15.7 Å². The van der Waals surface area contributed by atoms with Crippen LogP contribution in [0.4, 0.5) is 5.82 Å². The van der Waals surface area contributed by atoms with E-state index < -0.39 is 15.7 Å². The molecule has 1 aromatic carbocycles. The summed E-state index contributed by atoms with van der Waals surface area (Å²) in [5.74, 6) is -0.303. The Morgan fingerprint density at radius 2 is 1.95 bits per heavy atom. The zero-order valence-corrected chi connectivity index (χ0v) is 12.2. The Labute approximate surface area is 121 Å². The average Bonchev–Trinajstić information content (AvgIpc) is 2.78. The third-order valence-electron chi connectivity index (χ3n) is 2.73. The molecular weight excluding hydrogens is 292 g/mol. The van der Waals surface area contributed by atoms with Gasteiger partial charge < -0.3 is 5.32 Å². The Kier molecular flexibility index (Phi) is 3.78. The second-order valence-electron chi connectivity index (χ2n) is 4.43. The van der Waals surface area contributed by atoms with Crippen molar-refractivity contribution in [3.8, 4) is 6.07 Å². The van der Waals surface area contributed by atoms with E-state index in [0.717, 1.165) is 6.26 Å². The number of anilines is 1. The molecule has 0 radical (unpaired) electrons. The summed E-state index contributed by atoms with van der Waals surface area (Å²) in [6, 6.07) is 7.44. The van der Waals surface area contributed by atoms with Gasteiger partial charge in [-0.25, -0.2) is 8.42 Å².